The lowest BCUT2D eigenvalue weighted by Crippen LogP contribution is -2.15. The maximum Gasteiger partial charge on any atom is 0.184 e. The molecule has 0 aromatic heterocycles. The highest BCUT2D eigenvalue weighted by atomic mass is 16.7. The van der Waals surface area contributed by atoms with Crippen molar-refractivity contribution in [2.45, 2.75) is 18.8 Å². The number of hydrogen-bond donors (Lipinski definition) is 1. The van der Waals surface area contributed by atoms with E-state index in [1.807, 2.05) is 26.2 Å². The smallest absolute Gasteiger partial charge is 0.184 e. The van der Waals surface area contributed by atoms with Crippen LogP contribution in [-0.4, -0.2) is 33.4 Å². The predicted molar refractivity (Wildman–Crippen MR) is 68.0 cm³/mol. The maximum absolute atomic E-state index is 5.77. The van der Waals surface area contributed by atoms with E-state index in [0.717, 1.165) is 12.0 Å². The topological polar surface area (TPSA) is 47.7 Å². The second-order valence-electron chi connectivity index (χ2n) is 4.49. The number of ether oxygens (including phenoxy) is 2. The number of nitrogens with two attached hydrogens (primary N) is 1. The molecule has 4 nitrogen and oxygen atoms in total. The summed E-state index contributed by atoms with van der Waals surface area (Å²) in [5.74, 6) is 0. The lowest BCUT2D eigenvalue weighted by atomic mass is 10.2. The molecule has 17 heavy (non-hydrogen) atoms. The molecule has 0 bridgehead atoms. The van der Waals surface area contributed by atoms with Gasteiger partial charge in [-0.25, -0.2) is 0 Å². The van der Waals surface area contributed by atoms with Gasteiger partial charge in [-0.05, 0) is 25.1 Å². The Kier molecular flexibility index (Phi) is 3.99. The standard InChI is InChI=1S/C13H20N2O2/c1-15(2)11-5-3-10(4-6-11)13-16-9-12(17-13)7-8-14/h3-6,12-13H,7-9,14H2,1-2H3. The third-order valence-electron chi connectivity index (χ3n) is 2.92. The molecular weight excluding hydrogens is 216 g/mol. The normalized spacial score (nSPS) is 23.9. The van der Waals surface area contributed by atoms with Crippen LogP contribution in [-0.2, 0) is 9.47 Å². The first-order chi connectivity index (χ1) is 8.20. The van der Waals surface area contributed by atoms with Crippen LogP contribution in [0.15, 0.2) is 24.3 Å². The minimum absolute atomic E-state index is 0.138. The van der Waals surface area contributed by atoms with E-state index in [9.17, 15) is 0 Å². The summed E-state index contributed by atoms with van der Waals surface area (Å²) in [4.78, 5) is 2.07. The highest BCUT2D eigenvalue weighted by Gasteiger charge is 2.26. The van der Waals surface area contributed by atoms with Gasteiger partial charge >= 0.3 is 0 Å². The number of hydrogen-bond acceptors (Lipinski definition) is 4. The summed E-state index contributed by atoms with van der Waals surface area (Å²) in [6.07, 6.45) is 0.757. The van der Waals surface area contributed by atoms with Crippen molar-refractivity contribution >= 4 is 5.69 Å². The Hall–Kier alpha value is -1.10. The van der Waals surface area contributed by atoms with Gasteiger partial charge < -0.3 is 20.1 Å². The number of nitrogens with zero attached hydrogens (tertiary/aromatic N) is 1. The highest BCUT2D eigenvalue weighted by molar-refractivity contribution is 5.46. The zero-order chi connectivity index (χ0) is 12.3. The predicted octanol–water partition coefficient (Wildman–Crippen LogP) is 1.52. The summed E-state index contributed by atoms with van der Waals surface area (Å²) in [5.41, 5.74) is 7.74. The Labute approximate surface area is 102 Å². The summed E-state index contributed by atoms with van der Waals surface area (Å²) < 4.78 is 11.4. The Morgan fingerprint density at radius 1 is 1.29 bits per heavy atom. The fourth-order valence-corrected chi connectivity index (χ4v) is 1.89. The van der Waals surface area contributed by atoms with Crippen molar-refractivity contribution in [1.82, 2.24) is 0 Å². The van der Waals surface area contributed by atoms with Crippen molar-refractivity contribution in [3.05, 3.63) is 29.8 Å². The quantitative estimate of drug-likeness (QED) is 0.861. The molecule has 0 spiro atoms. The molecule has 1 aromatic carbocycles. The number of rotatable bonds is 4. The van der Waals surface area contributed by atoms with Crippen molar-refractivity contribution < 1.29 is 9.47 Å². The molecule has 0 amide bonds. The lowest BCUT2D eigenvalue weighted by Gasteiger charge is -2.15. The average molecular weight is 236 g/mol. The van der Waals surface area contributed by atoms with E-state index >= 15 is 0 Å². The van der Waals surface area contributed by atoms with Crippen LogP contribution in [0.1, 0.15) is 18.3 Å². The van der Waals surface area contributed by atoms with Crippen LogP contribution in [0.3, 0.4) is 0 Å². The molecule has 1 saturated heterocycles. The van der Waals surface area contributed by atoms with Gasteiger partial charge in [0.25, 0.3) is 0 Å². The molecule has 0 aliphatic carbocycles. The van der Waals surface area contributed by atoms with Crippen LogP contribution in [0.25, 0.3) is 0 Å². The van der Waals surface area contributed by atoms with Crippen LogP contribution in [0.4, 0.5) is 5.69 Å². The summed E-state index contributed by atoms with van der Waals surface area (Å²) in [5, 5.41) is 0. The molecule has 1 aliphatic heterocycles. The lowest BCUT2D eigenvalue weighted by molar-refractivity contribution is -0.0607. The fraction of sp³-hybridized carbons (Fsp3) is 0.538. The van der Waals surface area contributed by atoms with Gasteiger partial charge in [-0.1, -0.05) is 12.1 Å². The first-order valence-corrected chi connectivity index (χ1v) is 5.95. The summed E-state index contributed by atoms with van der Waals surface area (Å²) in [6, 6.07) is 8.23. The van der Waals surface area contributed by atoms with E-state index in [2.05, 4.69) is 17.0 Å². The van der Waals surface area contributed by atoms with Crippen LogP contribution in [0.2, 0.25) is 0 Å². The number of benzene rings is 1. The molecule has 2 unspecified atom stereocenters. The van der Waals surface area contributed by atoms with E-state index in [0.29, 0.717) is 13.2 Å². The molecule has 1 heterocycles. The molecule has 1 aliphatic rings. The largest absolute Gasteiger partial charge is 0.378 e. The minimum atomic E-state index is -0.234. The van der Waals surface area contributed by atoms with Gasteiger partial charge in [0.05, 0.1) is 12.7 Å². The summed E-state index contributed by atoms with van der Waals surface area (Å²) in [6.45, 7) is 1.28. The third-order valence-corrected chi connectivity index (χ3v) is 2.92. The summed E-state index contributed by atoms with van der Waals surface area (Å²) >= 11 is 0. The van der Waals surface area contributed by atoms with E-state index in [1.54, 1.807) is 0 Å². The molecule has 1 aromatic rings. The monoisotopic (exact) mass is 236 g/mol. The van der Waals surface area contributed by atoms with Gasteiger partial charge in [-0.2, -0.15) is 0 Å². The van der Waals surface area contributed by atoms with Crippen LogP contribution in [0, 0.1) is 0 Å². The van der Waals surface area contributed by atoms with Crippen molar-refractivity contribution in [3.63, 3.8) is 0 Å². The Morgan fingerprint density at radius 2 is 2.00 bits per heavy atom. The van der Waals surface area contributed by atoms with E-state index < -0.39 is 0 Å². The first kappa shape index (κ1) is 12.4. The second-order valence-corrected chi connectivity index (χ2v) is 4.49. The van der Waals surface area contributed by atoms with Crippen molar-refractivity contribution in [2.24, 2.45) is 5.73 Å². The molecule has 0 saturated carbocycles. The van der Waals surface area contributed by atoms with E-state index in [-0.39, 0.29) is 12.4 Å². The van der Waals surface area contributed by atoms with E-state index in [1.165, 1.54) is 5.69 Å². The van der Waals surface area contributed by atoms with E-state index in [4.69, 9.17) is 15.2 Å². The maximum atomic E-state index is 5.77. The van der Waals surface area contributed by atoms with Gasteiger partial charge in [0.1, 0.15) is 0 Å². The molecular formula is C13H20N2O2. The fourth-order valence-electron chi connectivity index (χ4n) is 1.89. The Morgan fingerprint density at radius 3 is 2.59 bits per heavy atom. The van der Waals surface area contributed by atoms with Crippen LogP contribution >= 0.6 is 0 Å². The molecule has 2 N–H and O–H groups in total. The molecule has 1 fully saturated rings. The molecule has 2 rings (SSSR count). The first-order valence-electron chi connectivity index (χ1n) is 5.95. The van der Waals surface area contributed by atoms with Crippen molar-refractivity contribution in [1.29, 1.82) is 0 Å². The Balaban J connectivity index is 1.99. The van der Waals surface area contributed by atoms with Gasteiger partial charge in [-0.3, -0.25) is 0 Å². The molecule has 4 heteroatoms. The molecule has 0 radical (unpaired) electrons. The zero-order valence-corrected chi connectivity index (χ0v) is 10.4. The van der Waals surface area contributed by atoms with Gasteiger partial charge in [0.15, 0.2) is 6.29 Å². The number of anilines is 1. The van der Waals surface area contributed by atoms with Crippen molar-refractivity contribution in [2.75, 3.05) is 32.1 Å². The second kappa shape index (κ2) is 5.49. The third kappa shape index (κ3) is 2.97. The summed E-state index contributed by atoms with van der Waals surface area (Å²) in [7, 11) is 4.05. The van der Waals surface area contributed by atoms with Gasteiger partial charge in [0.2, 0.25) is 0 Å². The SMILES string of the molecule is CN(C)c1ccc(C2OCC(CCN)O2)cc1. The average Bonchev–Trinajstić information content (AvgIpc) is 2.78. The zero-order valence-electron chi connectivity index (χ0n) is 10.4. The van der Waals surface area contributed by atoms with Gasteiger partial charge in [0, 0.05) is 25.3 Å². The van der Waals surface area contributed by atoms with Crippen LogP contribution in [0.5, 0.6) is 0 Å². The van der Waals surface area contributed by atoms with Crippen LogP contribution < -0.4 is 10.6 Å². The van der Waals surface area contributed by atoms with Gasteiger partial charge in [-0.15, -0.1) is 0 Å². The molecule has 94 valence electrons. The van der Waals surface area contributed by atoms with Crippen molar-refractivity contribution in [3.8, 4) is 0 Å². The highest BCUT2D eigenvalue weighted by Crippen LogP contribution is 2.28. The minimum Gasteiger partial charge on any atom is -0.378 e. The molecule has 2 atom stereocenters. The Bertz CT molecular complexity index is 351.